The number of aryl methyl sites for hydroxylation is 2. The van der Waals surface area contributed by atoms with E-state index in [-0.39, 0.29) is 11.9 Å². The van der Waals surface area contributed by atoms with E-state index in [0.717, 1.165) is 30.8 Å². The van der Waals surface area contributed by atoms with Gasteiger partial charge in [-0.05, 0) is 57.1 Å². The fraction of sp³-hybridized carbons (Fsp3) is 0.412. The Labute approximate surface area is 125 Å². The molecule has 114 valence electrons. The van der Waals surface area contributed by atoms with Crippen LogP contribution in [0.4, 0.5) is 4.39 Å². The third-order valence-corrected chi connectivity index (χ3v) is 3.85. The molecule has 0 bridgehead atoms. The highest BCUT2D eigenvalue weighted by atomic mass is 19.1. The van der Waals surface area contributed by atoms with Crippen molar-refractivity contribution in [3.8, 4) is 0 Å². The highest BCUT2D eigenvalue weighted by Gasteiger charge is 2.11. The summed E-state index contributed by atoms with van der Waals surface area (Å²) in [5.74, 6) is 0.761. The minimum absolute atomic E-state index is 0.145. The number of hydrogen-bond acceptors (Lipinski definition) is 3. The van der Waals surface area contributed by atoms with Crippen LogP contribution < -0.4 is 5.73 Å². The minimum atomic E-state index is -0.190. The Morgan fingerprint density at radius 1 is 1.29 bits per heavy atom. The minimum Gasteiger partial charge on any atom is -0.469 e. The summed E-state index contributed by atoms with van der Waals surface area (Å²) >= 11 is 0. The Morgan fingerprint density at radius 3 is 2.67 bits per heavy atom. The van der Waals surface area contributed by atoms with Crippen LogP contribution in [0.2, 0.25) is 0 Å². The molecule has 0 spiro atoms. The Kier molecular flexibility index (Phi) is 5.15. The number of benzene rings is 1. The maximum atomic E-state index is 13.6. The molecular formula is C17H23FN2O. The molecule has 1 atom stereocenters. The van der Waals surface area contributed by atoms with Crippen LogP contribution in [0.5, 0.6) is 0 Å². The third kappa shape index (κ3) is 4.16. The van der Waals surface area contributed by atoms with E-state index in [2.05, 4.69) is 11.9 Å². The molecule has 0 saturated carbocycles. The molecule has 4 heteroatoms. The Hall–Kier alpha value is -1.65. The van der Waals surface area contributed by atoms with Crippen molar-refractivity contribution < 1.29 is 8.81 Å². The van der Waals surface area contributed by atoms with E-state index in [1.165, 1.54) is 5.56 Å². The number of hydrogen-bond donors (Lipinski definition) is 1. The SMILES string of the molecule is Cc1ccc(C(N)CCN(C)Cc2ccoc2C)cc1F. The second-order valence-electron chi connectivity index (χ2n) is 5.64. The van der Waals surface area contributed by atoms with E-state index in [1.807, 2.05) is 19.1 Å². The van der Waals surface area contributed by atoms with Crippen LogP contribution in [-0.2, 0) is 6.54 Å². The molecule has 1 aromatic heterocycles. The molecule has 0 aliphatic heterocycles. The number of nitrogens with zero attached hydrogens (tertiary/aromatic N) is 1. The van der Waals surface area contributed by atoms with Crippen LogP contribution >= 0.6 is 0 Å². The highest BCUT2D eigenvalue weighted by Crippen LogP contribution is 2.18. The van der Waals surface area contributed by atoms with Gasteiger partial charge in [0.1, 0.15) is 11.6 Å². The first-order valence-corrected chi connectivity index (χ1v) is 7.20. The van der Waals surface area contributed by atoms with E-state index in [1.54, 1.807) is 25.3 Å². The maximum Gasteiger partial charge on any atom is 0.126 e. The number of furan rings is 1. The van der Waals surface area contributed by atoms with Gasteiger partial charge in [-0.25, -0.2) is 4.39 Å². The first kappa shape index (κ1) is 15.7. The average molecular weight is 290 g/mol. The zero-order chi connectivity index (χ0) is 15.4. The van der Waals surface area contributed by atoms with Crippen LogP contribution in [0.25, 0.3) is 0 Å². The second-order valence-corrected chi connectivity index (χ2v) is 5.64. The van der Waals surface area contributed by atoms with Crippen molar-refractivity contribution in [2.45, 2.75) is 32.9 Å². The van der Waals surface area contributed by atoms with Crippen LogP contribution in [-0.4, -0.2) is 18.5 Å². The molecule has 1 heterocycles. The molecule has 3 nitrogen and oxygen atoms in total. The lowest BCUT2D eigenvalue weighted by atomic mass is 10.0. The van der Waals surface area contributed by atoms with Gasteiger partial charge in [-0.3, -0.25) is 0 Å². The molecule has 21 heavy (non-hydrogen) atoms. The van der Waals surface area contributed by atoms with Crippen molar-refractivity contribution >= 4 is 0 Å². The quantitative estimate of drug-likeness (QED) is 0.884. The summed E-state index contributed by atoms with van der Waals surface area (Å²) in [4.78, 5) is 2.20. The molecule has 0 radical (unpaired) electrons. The van der Waals surface area contributed by atoms with Gasteiger partial charge in [0.05, 0.1) is 6.26 Å². The van der Waals surface area contributed by atoms with Gasteiger partial charge >= 0.3 is 0 Å². The molecular weight excluding hydrogens is 267 g/mol. The van der Waals surface area contributed by atoms with Gasteiger partial charge in [-0.2, -0.15) is 0 Å². The highest BCUT2D eigenvalue weighted by molar-refractivity contribution is 5.25. The van der Waals surface area contributed by atoms with E-state index in [4.69, 9.17) is 10.2 Å². The van der Waals surface area contributed by atoms with Gasteiger partial charge in [0.25, 0.3) is 0 Å². The van der Waals surface area contributed by atoms with Gasteiger partial charge in [0.2, 0.25) is 0 Å². The average Bonchev–Trinajstić information content (AvgIpc) is 2.84. The predicted molar refractivity (Wildman–Crippen MR) is 82.5 cm³/mol. The van der Waals surface area contributed by atoms with Gasteiger partial charge < -0.3 is 15.1 Å². The zero-order valence-electron chi connectivity index (χ0n) is 12.9. The summed E-state index contributed by atoms with van der Waals surface area (Å²) in [5, 5.41) is 0. The van der Waals surface area contributed by atoms with Crippen molar-refractivity contribution in [2.24, 2.45) is 5.73 Å². The lowest BCUT2D eigenvalue weighted by molar-refractivity contribution is 0.309. The van der Waals surface area contributed by atoms with Crippen molar-refractivity contribution in [3.05, 3.63) is 58.8 Å². The zero-order valence-corrected chi connectivity index (χ0v) is 12.9. The molecule has 0 aliphatic rings. The second kappa shape index (κ2) is 6.87. The molecule has 2 N–H and O–H groups in total. The van der Waals surface area contributed by atoms with Crippen molar-refractivity contribution in [2.75, 3.05) is 13.6 Å². The summed E-state index contributed by atoms with van der Waals surface area (Å²) in [6.45, 7) is 5.40. The van der Waals surface area contributed by atoms with Crippen molar-refractivity contribution in [1.29, 1.82) is 0 Å². The standard InChI is InChI=1S/C17H23FN2O/c1-12-4-5-14(10-16(12)18)17(19)6-8-20(3)11-15-7-9-21-13(15)2/h4-5,7,9-10,17H,6,8,11,19H2,1-3H3. The van der Waals surface area contributed by atoms with Crippen molar-refractivity contribution in [1.82, 2.24) is 4.90 Å². The maximum absolute atomic E-state index is 13.6. The van der Waals surface area contributed by atoms with Gasteiger partial charge in [-0.1, -0.05) is 12.1 Å². The number of rotatable bonds is 6. The number of halogens is 1. The normalized spacial score (nSPS) is 12.9. The molecule has 1 unspecified atom stereocenters. The predicted octanol–water partition coefficient (Wildman–Crippen LogP) is 3.56. The Balaban J connectivity index is 1.87. The van der Waals surface area contributed by atoms with Gasteiger partial charge in [0.15, 0.2) is 0 Å². The van der Waals surface area contributed by atoms with E-state index >= 15 is 0 Å². The monoisotopic (exact) mass is 290 g/mol. The molecule has 1 aromatic carbocycles. The van der Waals surface area contributed by atoms with Crippen LogP contribution in [0, 0.1) is 19.7 Å². The van der Waals surface area contributed by atoms with Crippen LogP contribution in [0.15, 0.2) is 34.9 Å². The Morgan fingerprint density at radius 2 is 2.05 bits per heavy atom. The van der Waals surface area contributed by atoms with E-state index in [9.17, 15) is 4.39 Å². The fourth-order valence-corrected chi connectivity index (χ4v) is 2.31. The first-order valence-electron chi connectivity index (χ1n) is 7.20. The summed E-state index contributed by atoms with van der Waals surface area (Å²) in [6.07, 6.45) is 2.50. The lowest BCUT2D eigenvalue weighted by Gasteiger charge is -2.19. The van der Waals surface area contributed by atoms with E-state index < -0.39 is 0 Å². The van der Waals surface area contributed by atoms with Crippen LogP contribution in [0.1, 0.15) is 34.9 Å². The van der Waals surface area contributed by atoms with E-state index in [0.29, 0.717) is 5.56 Å². The van der Waals surface area contributed by atoms with Gasteiger partial charge in [-0.15, -0.1) is 0 Å². The van der Waals surface area contributed by atoms with Crippen LogP contribution in [0.3, 0.4) is 0 Å². The van der Waals surface area contributed by atoms with Crippen molar-refractivity contribution in [3.63, 3.8) is 0 Å². The fourth-order valence-electron chi connectivity index (χ4n) is 2.31. The first-order chi connectivity index (χ1) is 9.97. The molecule has 0 fully saturated rings. The molecule has 2 aromatic rings. The largest absolute Gasteiger partial charge is 0.469 e. The molecule has 0 aliphatic carbocycles. The third-order valence-electron chi connectivity index (χ3n) is 3.85. The molecule has 0 amide bonds. The topological polar surface area (TPSA) is 42.4 Å². The summed E-state index contributed by atoms with van der Waals surface area (Å²) in [7, 11) is 2.05. The van der Waals surface area contributed by atoms with Gasteiger partial charge in [0, 0.05) is 18.2 Å². The Bertz CT molecular complexity index is 594. The summed E-state index contributed by atoms with van der Waals surface area (Å²) < 4.78 is 18.9. The summed E-state index contributed by atoms with van der Waals surface area (Å²) in [6, 6.07) is 7.07. The number of nitrogens with two attached hydrogens (primary N) is 1. The molecule has 2 rings (SSSR count). The smallest absolute Gasteiger partial charge is 0.126 e. The molecule has 0 saturated heterocycles. The lowest BCUT2D eigenvalue weighted by Crippen LogP contribution is -2.23. The summed E-state index contributed by atoms with van der Waals surface area (Å²) in [5.41, 5.74) is 8.85.